The lowest BCUT2D eigenvalue weighted by Gasteiger charge is -2.07. The Morgan fingerprint density at radius 3 is 2.50 bits per heavy atom. The molecule has 2 aromatic carbocycles. The van der Waals surface area contributed by atoms with E-state index >= 15 is 0 Å². The number of hydrogen-bond acceptors (Lipinski definition) is 5. The molecule has 0 unspecified atom stereocenters. The van der Waals surface area contributed by atoms with Gasteiger partial charge in [-0.3, -0.25) is 14.9 Å². The fourth-order valence-corrected chi connectivity index (χ4v) is 4.43. The molecule has 0 aliphatic rings. The molecule has 0 aliphatic carbocycles. The zero-order valence-electron chi connectivity index (χ0n) is 15.6. The summed E-state index contributed by atoms with van der Waals surface area (Å²) in [4.78, 5) is 29.7. The normalized spacial score (nSPS) is 10.8. The second-order valence-electron chi connectivity index (χ2n) is 6.10. The Balaban J connectivity index is 1.64. The van der Waals surface area contributed by atoms with E-state index in [1.807, 2.05) is 30.3 Å². The van der Waals surface area contributed by atoms with E-state index in [1.165, 1.54) is 17.4 Å². The molecule has 0 atom stereocenters. The molecule has 0 bridgehead atoms. The third kappa shape index (κ3) is 6.15. The van der Waals surface area contributed by atoms with Crippen LogP contribution in [0.3, 0.4) is 0 Å². The van der Waals surface area contributed by atoms with E-state index in [9.17, 15) is 9.59 Å². The zero-order chi connectivity index (χ0) is 21.7. The highest BCUT2D eigenvalue weighted by molar-refractivity contribution is 9.10. The van der Waals surface area contributed by atoms with Crippen LogP contribution in [0.5, 0.6) is 0 Å². The standard InChI is InChI=1S/C21H15Br2N3O2S2/c1-12-18(17(27)9-8-13-4-2-6-15(22)10-13)30-21(24-12)26-20(29)25-19(28)14-5-3-7-16(23)11-14/h2-11H,1H3,(H2,24,25,26,28,29). The predicted octanol–water partition coefficient (Wildman–Crippen LogP) is 6.00. The number of carbonyl (C=O) groups is 2. The van der Waals surface area contributed by atoms with E-state index in [0.29, 0.717) is 21.3 Å². The molecule has 5 nitrogen and oxygen atoms in total. The number of rotatable bonds is 5. The summed E-state index contributed by atoms with van der Waals surface area (Å²) in [5.74, 6) is -0.488. The van der Waals surface area contributed by atoms with Crippen LogP contribution < -0.4 is 10.6 Å². The minimum Gasteiger partial charge on any atom is -0.308 e. The molecule has 0 aliphatic heterocycles. The molecule has 152 valence electrons. The Morgan fingerprint density at radius 2 is 1.80 bits per heavy atom. The number of aryl methyl sites for hydroxylation is 1. The number of nitrogens with zero attached hydrogens (tertiary/aromatic N) is 1. The average molecular weight is 565 g/mol. The van der Waals surface area contributed by atoms with Crippen LogP contribution in [0.15, 0.2) is 63.6 Å². The topological polar surface area (TPSA) is 71.1 Å². The van der Waals surface area contributed by atoms with Crippen molar-refractivity contribution in [2.24, 2.45) is 0 Å². The summed E-state index contributed by atoms with van der Waals surface area (Å²) in [5, 5.41) is 6.02. The Hall–Kier alpha value is -2.20. The van der Waals surface area contributed by atoms with Crippen LogP contribution in [0.1, 0.15) is 31.3 Å². The maximum absolute atomic E-state index is 12.6. The molecule has 1 aromatic heterocycles. The molecular weight excluding hydrogens is 550 g/mol. The van der Waals surface area contributed by atoms with Gasteiger partial charge in [-0.05, 0) is 61.1 Å². The van der Waals surface area contributed by atoms with Crippen molar-refractivity contribution < 1.29 is 9.59 Å². The van der Waals surface area contributed by atoms with Crippen LogP contribution >= 0.6 is 55.4 Å². The van der Waals surface area contributed by atoms with Crippen molar-refractivity contribution in [1.29, 1.82) is 0 Å². The summed E-state index contributed by atoms with van der Waals surface area (Å²) in [6.45, 7) is 1.75. The van der Waals surface area contributed by atoms with Gasteiger partial charge in [0.1, 0.15) is 0 Å². The maximum Gasteiger partial charge on any atom is 0.257 e. The van der Waals surface area contributed by atoms with Crippen molar-refractivity contribution in [1.82, 2.24) is 10.3 Å². The first-order chi connectivity index (χ1) is 14.3. The molecule has 0 spiro atoms. The highest BCUT2D eigenvalue weighted by Gasteiger charge is 2.15. The molecule has 1 heterocycles. The summed E-state index contributed by atoms with van der Waals surface area (Å²) in [6.07, 6.45) is 3.27. The van der Waals surface area contributed by atoms with Gasteiger partial charge < -0.3 is 5.32 Å². The Labute approximate surface area is 199 Å². The summed E-state index contributed by atoms with van der Waals surface area (Å²) in [7, 11) is 0. The van der Waals surface area contributed by atoms with Crippen LogP contribution in [-0.4, -0.2) is 21.8 Å². The highest BCUT2D eigenvalue weighted by atomic mass is 79.9. The molecule has 0 radical (unpaired) electrons. The Kier molecular flexibility index (Phi) is 7.65. The van der Waals surface area contributed by atoms with Crippen molar-refractivity contribution in [3.8, 4) is 0 Å². The van der Waals surface area contributed by atoms with Crippen molar-refractivity contribution in [2.75, 3.05) is 5.32 Å². The molecular formula is C21H15Br2N3O2S2. The summed E-state index contributed by atoms with van der Waals surface area (Å²) >= 11 is 13.1. The first kappa shape index (κ1) is 22.5. The van der Waals surface area contributed by atoms with Gasteiger partial charge in [0.2, 0.25) is 0 Å². The fraction of sp³-hybridized carbons (Fsp3) is 0.0476. The molecule has 30 heavy (non-hydrogen) atoms. The van der Waals surface area contributed by atoms with Crippen LogP contribution in [0.4, 0.5) is 5.13 Å². The number of carbonyl (C=O) groups excluding carboxylic acids is 2. The molecule has 3 aromatic rings. The van der Waals surface area contributed by atoms with Gasteiger partial charge in [-0.25, -0.2) is 4.98 Å². The largest absolute Gasteiger partial charge is 0.308 e. The fourth-order valence-electron chi connectivity index (χ4n) is 2.47. The summed E-state index contributed by atoms with van der Waals surface area (Å²) in [6, 6.07) is 14.6. The van der Waals surface area contributed by atoms with Crippen LogP contribution in [-0.2, 0) is 0 Å². The monoisotopic (exact) mass is 563 g/mol. The molecule has 0 fully saturated rings. The average Bonchev–Trinajstić information content (AvgIpc) is 3.06. The quantitative estimate of drug-likeness (QED) is 0.226. The lowest BCUT2D eigenvalue weighted by molar-refractivity contribution is 0.0976. The molecule has 1 amide bonds. The SMILES string of the molecule is Cc1nc(NC(=S)NC(=O)c2cccc(Br)c2)sc1C(=O)C=Cc1cccc(Br)c1. The smallest absolute Gasteiger partial charge is 0.257 e. The van der Waals surface area contributed by atoms with Gasteiger partial charge in [-0.15, -0.1) is 0 Å². The lowest BCUT2D eigenvalue weighted by Crippen LogP contribution is -2.34. The van der Waals surface area contributed by atoms with Crippen molar-refractivity contribution in [2.45, 2.75) is 6.92 Å². The lowest BCUT2D eigenvalue weighted by atomic mass is 10.2. The van der Waals surface area contributed by atoms with E-state index in [1.54, 1.807) is 31.2 Å². The molecule has 0 saturated heterocycles. The van der Waals surface area contributed by atoms with Gasteiger partial charge in [-0.1, -0.05) is 67.5 Å². The number of nitrogens with one attached hydrogen (secondary N) is 2. The second-order valence-corrected chi connectivity index (χ2v) is 9.34. The van der Waals surface area contributed by atoms with E-state index in [-0.39, 0.29) is 16.8 Å². The van der Waals surface area contributed by atoms with Crippen molar-refractivity contribution >= 4 is 83.4 Å². The van der Waals surface area contributed by atoms with Gasteiger partial charge >= 0.3 is 0 Å². The zero-order valence-corrected chi connectivity index (χ0v) is 20.4. The number of thiocarbonyl (C=S) groups is 1. The van der Waals surface area contributed by atoms with Gasteiger partial charge in [0.15, 0.2) is 16.0 Å². The van der Waals surface area contributed by atoms with Gasteiger partial charge in [0, 0.05) is 14.5 Å². The number of allylic oxidation sites excluding steroid dienone is 1. The number of amides is 1. The molecule has 3 rings (SSSR count). The third-order valence-electron chi connectivity index (χ3n) is 3.83. The molecule has 9 heteroatoms. The van der Waals surface area contributed by atoms with Crippen LogP contribution in [0.25, 0.3) is 6.08 Å². The highest BCUT2D eigenvalue weighted by Crippen LogP contribution is 2.24. The van der Waals surface area contributed by atoms with E-state index in [2.05, 4.69) is 47.5 Å². The minimum absolute atomic E-state index is 0.109. The van der Waals surface area contributed by atoms with Crippen LogP contribution in [0, 0.1) is 6.92 Å². The number of anilines is 1. The second kappa shape index (κ2) is 10.2. The number of thiazole rings is 1. The first-order valence-corrected chi connectivity index (χ1v) is 11.5. The molecule has 2 N–H and O–H groups in total. The number of ketones is 1. The van der Waals surface area contributed by atoms with Crippen molar-refractivity contribution in [3.63, 3.8) is 0 Å². The van der Waals surface area contributed by atoms with Gasteiger partial charge in [0.25, 0.3) is 5.91 Å². The van der Waals surface area contributed by atoms with Gasteiger partial charge in [0.05, 0.1) is 10.6 Å². The summed E-state index contributed by atoms with van der Waals surface area (Å²) in [5.41, 5.74) is 1.97. The van der Waals surface area contributed by atoms with E-state index < -0.39 is 0 Å². The Morgan fingerprint density at radius 1 is 1.10 bits per heavy atom. The molecule has 0 saturated carbocycles. The predicted molar refractivity (Wildman–Crippen MR) is 132 cm³/mol. The third-order valence-corrected chi connectivity index (χ3v) is 6.11. The Bertz CT molecular complexity index is 1160. The van der Waals surface area contributed by atoms with Crippen LogP contribution in [0.2, 0.25) is 0 Å². The maximum atomic E-state index is 12.6. The van der Waals surface area contributed by atoms with Crippen molar-refractivity contribution in [3.05, 3.63) is 85.3 Å². The minimum atomic E-state index is -0.338. The van der Waals surface area contributed by atoms with E-state index in [4.69, 9.17) is 12.2 Å². The number of halogens is 2. The summed E-state index contributed by atoms with van der Waals surface area (Å²) < 4.78 is 1.74. The first-order valence-electron chi connectivity index (χ1n) is 8.65. The van der Waals surface area contributed by atoms with E-state index in [0.717, 1.165) is 14.5 Å². The number of benzene rings is 2. The van der Waals surface area contributed by atoms with Gasteiger partial charge in [-0.2, -0.15) is 0 Å². The number of hydrogen-bond donors (Lipinski definition) is 2. The number of aromatic nitrogens is 1.